The predicted octanol–water partition coefficient (Wildman–Crippen LogP) is 4.34. The molecule has 0 unspecified atom stereocenters. The first-order valence-electron chi connectivity index (χ1n) is 9.80. The Balaban J connectivity index is 1.40. The standard InChI is InChI=1S/C22H20N4O5S2/c1-13(27)23-8-16-4-6-18(31-16)17-11-33-22(25-17)26-21(28)14-3-5-19(20(7-14)29-2)30-9-15-10-32-12-24-15/h3-7,10-12H,8-9H2,1-2H3,(H,23,27)(H,25,26,28). The molecule has 33 heavy (non-hydrogen) atoms. The van der Waals surface area contributed by atoms with E-state index >= 15 is 0 Å². The number of rotatable bonds is 9. The Kier molecular flexibility index (Phi) is 7.01. The SMILES string of the molecule is COc1cc(C(=O)Nc2nc(-c3ccc(CNC(C)=O)o3)cs2)ccc1OCc1cscn1. The van der Waals surface area contributed by atoms with E-state index in [0.717, 1.165) is 5.69 Å². The molecule has 3 heterocycles. The van der Waals surface area contributed by atoms with Gasteiger partial charge in [-0.3, -0.25) is 14.9 Å². The molecule has 3 aromatic heterocycles. The highest BCUT2D eigenvalue weighted by molar-refractivity contribution is 7.14. The number of hydrogen-bond donors (Lipinski definition) is 2. The smallest absolute Gasteiger partial charge is 0.257 e. The Morgan fingerprint density at radius 2 is 2.03 bits per heavy atom. The minimum atomic E-state index is -0.328. The Morgan fingerprint density at radius 1 is 1.15 bits per heavy atom. The molecule has 1 aromatic carbocycles. The number of aromatic nitrogens is 2. The number of ether oxygens (including phenoxy) is 2. The van der Waals surface area contributed by atoms with E-state index in [9.17, 15) is 9.59 Å². The second kappa shape index (κ2) is 10.3. The molecule has 170 valence electrons. The van der Waals surface area contributed by atoms with Crippen LogP contribution in [0.15, 0.2) is 51.0 Å². The number of nitrogens with one attached hydrogen (secondary N) is 2. The second-order valence-electron chi connectivity index (χ2n) is 6.80. The molecule has 0 spiro atoms. The van der Waals surface area contributed by atoms with Crippen molar-refractivity contribution in [2.45, 2.75) is 20.1 Å². The molecule has 9 nitrogen and oxygen atoms in total. The van der Waals surface area contributed by atoms with Crippen LogP contribution in [0, 0.1) is 0 Å². The minimum absolute atomic E-state index is 0.137. The summed E-state index contributed by atoms with van der Waals surface area (Å²) in [5, 5.41) is 9.58. The number of anilines is 1. The molecule has 0 fully saturated rings. The van der Waals surface area contributed by atoms with Gasteiger partial charge in [0.2, 0.25) is 5.91 Å². The minimum Gasteiger partial charge on any atom is -0.493 e. The van der Waals surface area contributed by atoms with Crippen molar-refractivity contribution in [3.63, 3.8) is 0 Å². The number of methoxy groups -OCH3 is 1. The lowest BCUT2D eigenvalue weighted by molar-refractivity contribution is -0.119. The van der Waals surface area contributed by atoms with Crippen molar-refractivity contribution in [2.24, 2.45) is 0 Å². The van der Waals surface area contributed by atoms with Crippen molar-refractivity contribution in [1.29, 1.82) is 0 Å². The first-order valence-corrected chi connectivity index (χ1v) is 11.6. The number of carbonyl (C=O) groups is 2. The second-order valence-corrected chi connectivity index (χ2v) is 8.38. The van der Waals surface area contributed by atoms with Gasteiger partial charge in [-0.1, -0.05) is 0 Å². The van der Waals surface area contributed by atoms with Gasteiger partial charge in [-0.05, 0) is 30.3 Å². The molecule has 0 radical (unpaired) electrons. The van der Waals surface area contributed by atoms with E-state index in [1.165, 1.54) is 36.7 Å². The molecule has 0 bridgehead atoms. The van der Waals surface area contributed by atoms with Crippen LogP contribution in [0.25, 0.3) is 11.5 Å². The van der Waals surface area contributed by atoms with Crippen molar-refractivity contribution in [3.8, 4) is 23.0 Å². The lowest BCUT2D eigenvalue weighted by atomic mass is 10.2. The maximum absolute atomic E-state index is 12.7. The van der Waals surface area contributed by atoms with Gasteiger partial charge < -0.3 is 19.2 Å². The van der Waals surface area contributed by atoms with Crippen molar-refractivity contribution in [3.05, 3.63) is 63.6 Å². The molecule has 2 N–H and O–H groups in total. The summed E-state index contributed by atoms with van der Waals surface area (Å²) >= 11 is 2.78. The van der Waals surface area contributed by atoms with Gasteiger partial charge in [-0.25, -0.2) is 9.97 Å². The fourth-order valence-electron chi connectivity index (χ4n) is 2.82. The number of benzene rings is 1. The van der Waals surface area contributed by atoms with Crippen LogP contribution >= 0.6 is 22.7 Å². The van der Waals surface area contributed by atoms with Crippen LogP contribution < -0.4 is 20.1 Å². The van der Waals surface area contributed by atoms with Crippen molar-refractivity contribution < 1.29 is 23.5 Å². The zero-order valence-corrected chi connectivity index (χ0v) is 19.4. The summed E-state index contributed by atoms with van der Waals surface area (Å²) in [5.74, 6) is 1.66. The molecule has 0 atom stereocenters. The highest BCUT2D eigenvalue weighted by Gasteiger charge is 2.15. The molecule has 2 amide bonds. The average Bonchev–Trinajstić information content (AvgIpc) is 3.58. The topological polar surface area (TPSA) is 116 Å². The molecule has 0 aliphatic carbocycles. The number of carbonyl (C=O) groups excluding carboxylic acids is 2. The van der Waals surface area contributed by atoms with Gasteiger partial charge in [0.15, 0.2) is 22.4 Å². The van der Waals surface area contributed by atoms with Crippen molar-refractivity contribution in [2.75, 3.05) is 12.4 Å². The van der Waals surface area contributed by atoms with E-state index in [-0.39, 0.29) is 11.8 Å². The molecule has 4 aromatic rings. The average molecular weight is 485 g/mol. The number of amides is 2. The Morgan fingerprint density at radius 3 is 2.79 bits per heavy atom. The summed E-state index contributed by atoms with van der Waals surface area (Å²) in [7, 11) is 1.52. The molecule has 0 aliphatic rings. The molecule has 4 rings (SSSR count). The van der Waals surface area contributed by atoms with Crippen LogP contribution in [0.5, 0.6) is 11.5 Å². The summed E-state index contributed by atoms with van der Waals surface area (Å²) in [4.78, 5) is 32.4. The summed E-state index contributed by atoms with van der Waals surface area (Å²) < 4.78 is 16.8. The zero-order chi connectivity index (χ0) is 23.2. The molecule has 0 saturated carbocycles. The van der Waals surface area contributed by atoms with Crippen LogP contribution in [-0.2, 0) is 17.9 Å². The lowest BCUT2D eigenvalue weighted by Crippen LogP contribution is -2.18. The Labute approximate surface area is 197 Å². The first kappa shape index (κ1) is 22.5. The third-order valence-corrected chi connectivity index (χ3v) is 5.83. The molecular weight excluding hydrogens is 464 g/mol. The van der Waals surface area contributed by atoms with E-state index in [2.05, 4.69) is 20.6 Å². The Hall–Kier alpha value is -3.70. The van der Waals surface area contributed by atoms with Crippen LogP contribution in [-0.4, -0.2) is 28.9 Å². The summed E-state index contributed by atoms with van der Waals surface area (Å²) in [6.07, 6.45) is 0. The van der Waals surface area contributed by atoms with E-state index in [0.29, 0.717) is 52.6 Å². The first-order chi connectivity index (χ1) is 16.0. The summed E-state index contributed by atoms with van der Waals surface area (Å²) in [5.41, 5.74) is 3.56. The fraction of sp³-hybridized carbons (Fsp3) is 0.182. The van der Waals surface area contributed by atoms with Gasteiger partial charge >= 0.3 is 0 Å². The molecule has 0 aliphatic heterocycles. The molecular formula is C22H20N4O5S2. The van der Waals surface area contributed by atoms with Crippen molar-refractivity contribution in [1.82, 2.24) is 15.3 Å². The van der Waals surface area contributed by atoms with Gasteiger partial charge in [0.1, 0.15) is 18.1 Å². The van der Waals surface area contributed by atoms with Crippen LogP contribution in [0.4, 0.5) is 5.13 Å². The molecule has 0 saturated heterocycles. The maximum atomic E-state index is 12.7. The van der Waals surface area contributed by atoms with Gasteiger partial charge in [-0.2, -0.15) is 0 Å². The van der Waals surface area contributed by atoms with Gasteiger partial charge in [-0.15, -0.1) is 22.7 Å². The van der Waals surface area contributed by atoms with Gasteiger partial charge in [0.05, 0.1) is 24.9 Å². The maximum Gasteiger partial charge on any atom is 0.257 e. The lowest BCUT2D eigenvalue weighted by Gasteiger charge is -2.11. The number of thiazole rings is 2. The number of hydrogen-bond acceptors (Lipinski definition) is 9. The summed E-state index contributed by atoms with van der Waals surface area (Å²) in [6, 6.07) is 8.50. The zero-order valence-electron chi connectivity index (χ0n) is 17.8. The predicted molar refractivity (Wildman–Crippen MR) is 125 cm³/mol. The third kappa shape index (κ3) is 5.76. The van der Waals surface area contributed by atoms with E-state index in [1.54, 1.807) is 41.2 Å². The summed E-state index contributed by atoms with van der Waals surface area (Å²) in [6.45, 7) is 2.05. The van der Waals surface area contributed by atoms with Crippen molar-refractivity contribution >= 4 is 39.6 Å². The largest absolute Gasteiger partial charge is 0.493 e. The normalized spacial score (nSPS) is 10.6. The molecule has 11 heteroatoms. The van der Waals surface area contributed by atoms with E-state index < -0.39 is 0 Å². The Bertz CT molecular complexity index is 1250. The van der Waals surface area contributed by atoms with Crippen LogP contribution in [0.2, 0.25) is 0 Å². The monoisotopic (exact) mass is 484 g/mol. The van der Waals surface area contributed by atoms with Gasteiger partial charge in [0.25, 0.3) is 5.91 Å². The highest BCUT2D eigenvalue weighted by Crippen LogP contribution is 2.30. The van der Waals surface area contributed by atoms with Gasteiger partial charge in [0, 0.05) is 23.2 Å². The third-order valence-electron chi connectivity index (χ3n) is 4.44. The van der Waals surface area contributed by atoms with Crippen LogP contribution in [0.3, 0.4) is 0 Å². The fourth-order valence-corrected chi connectivity index (χ4v) is 4.06. The number of furan rings is 1. The van der Waals surface area contributed by atoms with E-state index in [4.69, 9.17) is 13.9 Å². The van der Waals surface area contributed by atoms with E-state index in [1.807, 2.05) is 5.38 Å². The number of nitrogens with zero attached hydrogens (tertiary/aromatic N) is 2. The van der Waals surface area contributed by atoms with Crippen LogP contribution in [0.1, 0.15) is 28.7 Å². The quantitative estimate of drug-likeness (QED) is 0.363. The highest BCUT2D eigenvalue weighted by atomic mass is 32.1.